The number of aromatic nitrogens is 1. The van der Waals surface area contributed by atoms with Crippen LogP contribution in [-0.2, 0) is 16.6 Å². The fraction of sp³-hybridized carbons (Fsp3) is 0.391. The molecule has 1 amide bonds. The molecule has 0 saturated carbocycles. The van der Waals surface area contributed by atoms with Crippen molar-refractivity contribution in [2.24, 2.45) is 0 Å². The van der Waals surface area contributed by atoms with E-state index in [4.69, 9.17) is 4.98 Å². The number of benzene rings is 2. The Balaban J connectivity index is 1.65. The lowest BCUT2D eigenvalue weighted by molar-refractivity contribution is -0.138. The molecule has 0 spiro atoms. The van der Waals surface area contributed by atoms with Gasteiger partial charge < -0.3 is 9.80 Å². The van der Waals surface area contributed by atoms with E-state index in [0.29, 0.717) is 6.42 Å². The standard InChI is InChI=1S/C23H27N3OS/c1-3-25-13-15-26(16-14-25)22(27)23(2,18-9-5-4-6-10-18)17-21-24-19-11-7-8-12-20(19)28-21/h4-12H,3,13-17H2,1-2H3. The zero-order valence-corrected chi connectivity index (χ0v) is 17.4. The Morgan fingerprint density at radius 1 is 1.04 bits per heavy atom. The van der Waals surface area contributed by atoms with Crippen LogP contribution in [0.5, 0.6) is 0 Å². The fourth-order valence-electron chi connectivity index (χ4n) is 4.02. The van der Waals surface area contributed by atoms with Gasteiger partial charge in [0.1, 0.15) is 0 Å². The molecule has 146 valence electrons. The van der Waals surface area contributed by atoms with Gasteiger partial charge >= 0.3 is 0 Å². The highest BCUT2D eigenvalue weighted by atomic mass is 32.1. The van der Waals surface area contributed by atoms with Gasteiger partial charge in [0, 0.05) is 32.6 Å². The first-order valence-corrected chi connectivity index (χ1v) is 10.8. The topological polar surface area (TPSA) is 36.4 Å². The Bertz CT molecular complexity index is 914. The fourth-order valence-corrected chi connectivity index (χ4v) is 5.14. The van der Waals surface area contributed by atoms with Gasteiger partial charge in [-0.15, -0.1) is 11.3 Å². The molecule has 4 rings (SSSR count). The van der Waals surface area contributed by atoms with E-state index in [2.05, 4.69) is 36.9 Å². The minimum Gasteiger partial charge on any atom is -0.339 e. The number of amides is 1. The number of carbonyl (C=O) groups excluding carboxylic acids is 1. The van der Waals surface area contributed by atoms with Gasteiger partial charge in [0.15, 0.2) is 0 Å². The van der Waals surface area contributed by atoms with E-state index < -0.39 is 5.41 Å². The number of nitrogens with zero attached hydrogens (tertiary/aromatic N) is 3. The first kappa shape index (κ1) is 19.1. The van der Waals surface area contributed by atoms with Crippen LogP contribution < -0.4 is 0 Å². The third-order valence-corrected chi connectivity index (χ3v) is 6.87. The first-order chi connectivity index (χ1) is 13.6. The van der Waals surface area contributed by atoms with Crippen LogP contribution in [0.25, 0.3) is 10.2 Å². The van der Waals surface area contributed by atoms with Crippen molar-refractivity contribution in [1.82, 2.24) is 14.8 Å². The second-order valence-corrected chi connectivity index (χ2v) is 8.79. The van der Waals surface area contributed by atoms with E-state index in [9.17, 15) is 4.79 Å². The number of likely N-dealkylation sites (N-methyl/N-ethyl adjacent to an activating group) is 1. The normalized spacial score (nSPS) is 17.6. The molecule has 1 fully saturated rings. The zero-order valence-electron chi connectivity index (χ0n) is 16.6. The van der Waals surface area contributed by atoms with Gasteiger partial charge in [0.25, 0.3) is 0 Å². The van der Waals surface area contributed by atoms with Crippen molar-refractivity contribution >= 4 is 27.5 Å². The van der Waals surface area contributed by atoms with Crippen LogP contribution in [0.4, 0.5) is 0 Å². The Hall–Kier alpha value is -2.24. The summed E-state index contributed by atoms with van der Waals surface area (Å²) in [6, 6.07) is 18.4. The summed E-state index contributed by atoms with van der Waals surface area (Å²) in [7, 11) is 0. The first-order valence-electron chi connectivity index (χ1n) is 10.0. The third kappa shape index (κ3) is 3.69. The maximum Gasteiger partial charge on any atom is 0.233 e. The molecule has 2 heterocycles. The average molecular weight is 394 g/mol. The van der Waals surface area contributed by atoms with Crippen molar-refractivity contribution in [2.75, 3.05) is 32.7 Å². The van der Waals surface area contributed by atoms with Gasteiger partial charge in [-0.2, -0.15) is 0 Å². The molecule has 4 nitrogen and oxygen atoms in total. The lowest BCUT2D eigenvalue weighted by Crippen LogP contribution is -2.54. The average Bonchev–Trinajstić information content (AvgIpc) is 3.16. The number of rotatable bonds is 5. The lowest BCUT2D eigenvalue weighted by Gasteiger charge is -2.39. The van der Waals surface area contributed by atoms with E-state index in [1.807, 2.05) is 41.3 Å². The van der Waals surface area contributed by atoms with Crippen LogP contribution in [0.15, 0.2) is 54.6 Å². The third-order valence-electron chi connectivity index (χ3n) is 5.83. The van der Waals surface area contributed by atoms with Gasteiger partial charge in [-0.3, -0.25) is 4.79 Å². The Morgan fingerprint density at radius 2 is 1.71 bits per heavy atom. The molecule has 1 aliphatic rings. The van der Waals surface area contributed by atoms with E-state index in [1.54, 1.807) is 11.3 Å². The molecule has 0 aliphatic carbocycles. The van der Waals surface area contributed by atoms with Crippen LogP contribution in [0.2, 0.25) is 0 Å². The Kier molecular flexibility index (Phi) is 5.47. The largest absolute Gasteiger partial charge is 0.339 e. The van der Waals surface area contributed by atoms with E-state index in [-0.39, 0.29) is 5.91 Å². The molecule has 28 heavy (non-hydrogen) atoms. The number of hydrogen-bond acceptors (Lipinski definition) is 4. The predicted octanol–water partition coefficient (Wildman–Crippen LogP) is 3.96. The van der Waals surface area contributed by atoms with Crippen molar-refractivity contribution in [1.29, 1.82) is 0 Å². The van der Waals surface area contributed by atoms with E-state index >= 15 is 0 Å². The van der Waals surface area contributed by atoms with Crippen molar-refractivity contribution in [3.8, 4) is 0 Å². The summed E-state index contributed by atoms with van der Waals surface area (Å²) in [5.74, 6) is 0.216. The molecule has 1 saturated heterocycles. The predicted molar refractivity (Wildman–Crippen MR) is 116 cm³/mol. The molecule has 0 bridgehead atoms. The number of fused-ring (bicyclic) bond motifs is 1. The highest BCUT2D eigenvalue weighted by Gasteiger charge is 2.40. The van der Waals surface area contributed by atoms with Crippen molar-refractivity contribution < 1.29 is 4.79 Å². The highest BCUT2D eigenvalue weighted by molar-refractivity contribution is 7.18. The molecular weight excluding hydrogens is 366 g/mol. The molecule has 1 aliphatic heterocycles. The molecular formula is C23H27N3OS. The maximum atomic E-state index is 13.7. The van der Waals surface area contributed by atoms with Gasteiger partial charge in [-0.1, -0.05) is 49.4 Å². The van der Waals surface area contributed by atoms with Crippen molar-refractivity contribution in [3.63, 3.8) is 0 Å². The summed E-state index contributed by atoms with van der Waals surface area (Å²) in [5, 5.41) is 1.02. The molecule has 1 aromatic heterocycles. The van der Waals surface area contributed by atoms with Crippen LogP contribution in [0.3, 0.4) is 0 Å². The van der Waals surface area contributed by atoms with E-state index in [1.165, 1.54) is 4.70 Å². The minimum absolute atomic E-state index is 0.216. The Morgan fingerprint density at radius 3 is 2.39 bits per heavy atom. The quantitative estimate of drug-likeness (QED) is 0.658. The number of hydrogen-bond donors (Lipinski definition) is 0. The molecule has 2 aromatic carbocycles. The van der Waals surface area contributed by atoms with Crippen LogP contribution >= 0.6 is 11.3 Å². The van der Waals surface area contributed by atoms with Crippen LogP contribution in [0.1, 0.15) is 24.4 Å². The summed E-state index contributed by atoms with van der Waals surface area (Å²) in [5.41, 5.74) is 1.47. The van der Waals surface area contributed by atoms with Crippen LogP contribution in [-0.4, -0.2) is 53.4 Å². The maximum absolute atomic E-state index is 13.7. The molecule has 5 heteroatoms. The van der Waals surface area contributed by atoms with Crippen LogP contribution in [0, 0.1) is 0 Å². The smallest absolute Gasteiger partial charge is 0.233 e. The summed E-state index contributed by atoms with van der Waals surface area (Å²) < 4.78 is 1.18. The second-order valence-electron chi connectivity index (χ2n) is 7.68. The van der Waals surface area contributed by atoms with E-state index in [0.717, 1.165) is 48.8 Å². The SMILES string of the molecule is CCN1CCN(C(=O)C(C)(Cc2nc3ccccc3s2)c2ccccc2)CC1. The monoisotopic (exact) mass is 393 g/mol. The molecule has 3 aromatic rings. The van der Waals surface area contributed by atoms with Crippen molar-refractivity contribution in [2.45, 2.75) is 25.7 Å². The zero-order chi connectivity index (χ0) is 19.6. The molecule has 1 atom stereocenters. The number of thiazole rings is 1. The molecule has 0 radical (unpaired) electrons. The summed E-state index contributed by atoms with van der Waals surface area (Å²) in [4.78, 5) is 23.0. The Labute approximate surface area is 170 Å². The molecule has 1 unspecified atom stereocenters. The van der Waals surface area contributed by atoms with Gasteiger partial charge in [0.05, 0.1) is 20.6 Å². The molecule has 0 N–H and O–H groups in total. The van der Waals surface area contributed by atoms with Gasteiger partial charge in [-0.05, 0) is 31.2 Å². The lowest BCUT2D eigenvalue weighted by atomic mass is 9.78. The van der Waals surface area contributed by atoms with Gasteiger partial charge in [0.2, 0.25) is 5.91 Å². The van der Waals surface area contributed by atoms with Crippen molar-refractivity contribution in [3.05, 3.63) is 65.2 Å². The summed E-state index contributed by atoms with van der Waals surface area (Å²) in [6.07, 6.45) is 0.628. The highest BCUT2D eigenvalue weighted by Crippen LogP contribution is 2.34. The van der Waals surface area contributed by atoms with Gasteiger partial charge in [-0.25, -0.2) is 4.98 Å². The summed E-state index contributed by atoms with van der Waals surface area (Å²) >= 11 is 1.70. The second kappa shape index (κ2) is 8.02. The number of para-hydroxylation sites is 1. The number of piperazine rings is 1. The minimum atomic E-state index is -0.608. The number of carbonyl (C=O) groups is 1. The summed E-state index contributed by atoms with van der Waals surface area (Å²) in [6.45, 7) is 8.82.